The van der Waals surface area contributed by atoms with E-state index in [0.29, 0.717) is 23.7 Å². The second-order valence-electron chi connectivity index (χ2n) is 5.29. The van der Waals surface area contributed by atoms with E-state index in [1.54, 1.807) is 18.2 Å². The second kappa shape index (κ2) is 11.5. The van der Waals surface area contributed by atoms with Crippen LogP contribution in [0, 0.1) is 11.3 Å². The molecule has 138 valence electrons. The third kappa shape index (κ3) is 6.83. The molecule has 3 N–H and O–H groups in total. The van der Waals surface area contributed by atoms with Crippen molar-refractivity contribution in [3.63, 3.8) is 0 Å². The van der Waals surface area contributed by atoms with E-state index in [1.807, 2.05) is 45.2 Å². The Morgan fingerprint density at radius 2 is 1.85 bits per heavy atom. The highest BCUT2D eigenvalue weighted by Gasteiger charge is 2.06. The second-order valence-corrected chi connectivity index (χ2v) is 5.29. The fourth-order valence-electron chi connectivity index (χ4n) is 1.86. The first-order chi connectivity index (χ1) is 12.6. The van der Waals surface area contributed by atoms with Gasteiger partial charge in [0, 0.05) is 18.8 Å². The normalized spacial score (nSPS) is 10.6. The highest BCUT2D eigenvalue weighted by Crippen LogP contribution is 2.28. The van der Waals surface area contributed by atoms with Crippen LogP contribution in [-0.4, -0.2) is 26.0 Å². The molecule has 0 amide bonds. The van der Waals surface area contributed by atoms with Gasteiger partial charge in [0.2, 0.25) is 0 Å². The number of benzene rings is 2. The molecule has 0 aromatic heterocycles. The summed E-state index contributed by atoms with van der Waals surface area (Å²) < 4.78 is 11.2. The van der Waals surface area contributed by atoms with Crippen molar-refractivity contribution in [1.29, 1.82) is 5.26 Å². The number of carbonyl (C=O) groups excluding carboxylic acids is 1. The molecule has 0 saturated carbocycles. The maximum atomic E-state index is 9.61. The molecule has 2 aromatic carbocycles. The average Bonchev–Trinajstić information content (AvgIpc) is 2.69. The Bertz CT molecular complexity index is 724. The predicted molar refractivity (Wildman–Crippen MR) is 103 cm³/mol. The highest BCUT2D eigenvalue weighted by molar-refractivity contribution is 5.56. The maximum Gasteiger partial charge on any atom is 0.140 e. The Morgan fingerprint density at radius 3 is 2.31 bits per heavy atom. The summed E-state index contributed by atoms with van der Waals surface area (Å²) in [5.41, 5.74) is 6.63. The van der Waals surface area contributed by atoms with Crippen LogP contribution in [0.2, 0.25) is 0 Å². The fourth-order valence-corrected chi connectivity index (χ4v) is 1.86. The largest absolute Gasteiger partial charge is 0.492 e. The smallest absolute Gasteiger partial charge is 0.140 e. The lowest BCUT2D eigenvalue weighted by Gasteiger charge is -2.10. The standard InChI is InChI=1S/C16H16N2O2.C4H9NO/c1-3-19-16-10-15(7-4-12(16)11-17)20-14-8-5-13(18-2)6-9-14;1-2-4(5)3-6/h4-10,18H,3H2,1-2H3;3-4H,2,5H2,1H3. The Labute approximate surface area is 154 Å². The van der Waals surface area contributed by atoms with Crippen LogP contribution < -0.4 is 20.5 Å². The number of nitrogens with zero attached hydrogens (tertiary/aromatic N) is 1. The summed E-state index contributed by atoms with van der Waals surface area (Å²) >= 11 is 0. The molecular formula is C20H25N3O3. The van der Waals surface area contributed by atoms with Gasteiger partial charge < -0.3 is 25.3 Å². The van der Waals surface area contributed by atoms with Crippen LogP contribution in [0.25, 0.3) is 0 Å². The summed E-state index contributed by atoms with van der Waals surface area (Å²) in [7, 11) is 1.87. The zero-order valence-electron chi connectivity index (χ0n) is 15.4. The minimum Gasteiger partial charge on any atom is -0.492 e. The van der Waals surface area contributed by atoms with E-state index < -0.39 is 0 Å². The molecule has 2 aromatic rings. The molecule has 0 heterocycles. The number of hydrogen-bond donors (Lipinski definition) is 2. The molecule has 0 aliphatic rings. The number of nitriles is 1. The molecule has 0 bridgehead atoms. The summed E-state index contributed by atoms with van der Waals surface area (Å²) in [4.78, 5) is 9.61. The molecule has 6 heteroatoms. The van der Waals surface area contributed by atoms with Gasteiger partial charge in [-0.05, 0) is 49.7 Å². The number of nitrogens with two attached hydrogens (primary N) is 1. The lowest BCUT2D eigenvalue weighted by molar-refractivity contribution is -0.108. The number of ether oxygens (including phenoxy) is 2. The minimum atomic E-state index is -0.245. The van der Waals surface area contributed by atoms with E-state index in [1.165, 1.54) is 0 Å². The molecule has 1 unspecified atom stereocenters. The number of carbonyl (C=O) groups is 1. The number of nitrogens with one attached hydrogen (secondary N) is 1. The van der Waals surface area contributed by atoms with Crippen LogP contribution in [0.1, 0.15) is 25.8 Å². The third-order valence-corrected chi connectivity index (χ3v) is 3.40. The van der Waals surface area contributed by atoms with Crippen molar-refractivity contribution in [3.05, 3.63) is 48.0 Å². The van der Waals surface area contributed by atoms with Crippen molar-refractivity contribution < 1.29 is 14.3 Å². The zero-order chi connectivity index (χ0) is 19.4. The molecule has 0 radical (unpaired) electrons. The topological polar surface area (TPSA) is 97.4 Å². The molecule has 0 saturated heterocycles. The Hall–Kier alpha value is -3.04. The highest BCUT2D eigenvalue weighted by atomic mass is 16.5. The van der Waals surface area contributed by atoms with Crippen LogP contribution >= 0.6 is 0 Å². The molecule has 0 aliphatic heterocycles. The molecular weight excluding hydrogens is 330 g/mol. The molecule has 26 heavy (non-hydrogen) atoms. The first-order valence-corrected chi connectivity index (χ1v) is 8.41. The predicted octanol–water partition coefficient (Wildman–Crippen LogP) is 3.71. The lowest BCUT2D eigenvalue weighted by atomic mass is 10.2. The van der Waals surface area contributed by atoms with E-state index in [-0.39, 0.29) is 6.04 Å². The van der Waals surface area contributed by atoms with E-state index in [2.05, 4.69) is 11.4 Å². The van der Waals surface area contributed by atoms with Crippen LogP contribution in [0.4, 0.5) is 5.69 Å². The average molecular weight is 355 g/mol. The van der Waals surface area contributed by atoms with E-state index in [4.69, 9.17) is 20.5 Å². The van der Waals surface area contributed by atoms with Crippen LogP contribution in [0.5, 0.6) is 17.2 Å². The zero-order valence-corrected chi connectivity index (χ0v) is 15.4. The Morgan fingerprint density at radius 1 is 1.19 bits per heavy atom. The summed E-state index contributed by atoms with van der Waals surface area (Å²) in [5.74, 6) is 1.92. The van der Waals surface area contributed by atoms with Gasteiger partial charge in [-0.25, -0.2) is 0 Å². The first kappa shape index (κ1) is 21.0. The van der Waals surface area contributed by atoms with E-state index >= 15 is 0 Å². The first-order valence-electron chi connectivity index (χ1n) is 8.41. The van der Waals surface area contributed by atoms with Crippen LogP contribution in [0.3, 0.4) is 0 Å². The summed E-state index contributed by atoms with van der Waals surface area (Å²) in [6, 6.07) is 14.7. The molecule has 0 spiro atoms. The number of anilines is 1. The number of hydrogen-bond acceptors (Lipinski definition) is 6. The quantitative estimate of drug-likeness (QED) is 0.735. The maximum absolute atomic E-state index is 9.61. The van der Waals surface area contributed by atoms with Gasteiger partial charge >= 0.3 is 0 Å². The molecule has 2 rings (SSSR count). The van der Waals surface area contributed by atoms with E-state index in [9.17, 15) is 4.79 Å². The van der Waals surface area contributed by atoms with Gasteiger partial charge in [-0.15, -0.1) is 0 Å². The van der Waals surface area contributed by atoms with Gasteiger partial charge in [-0.1, -0.05) is 6.92 Å². The molecule has 0 fully saturated rings. The number of rotatable bonds is 7. The van der Waals surface area contributed by atoms with Crippen molar-refractivity contribution in [2.45, 2.75) is 26.3 Å². The van der Waals surface area contributed by atoms with E-state index in [0.717, 1.165) is 24.1 Å². The van der Waals surface area contributed by atoms with Gasteiger partial charge in [0.15, 0.2) is 0 Å². The minimum absolute atomic E-state index is 0.245. The Balaban J connectivity index is 0.000000487. The van der Waals surface area contributed by atoms with Gasteiger partial charge in [0.1, 0.15) is 29.6 Å². The van der Waals surface area contributed by atoms with Crippen molar-refractivity contribution in [2.75, 3.05) is 19.0 Å². The van der Waals surface area contributed by atoms with Crippen LogP contribution in [0.15, 0.2) is 42.5 Å². The summed E-state index contributed by atoms with van der Waals surface area (Å²) in [6.45, 7) is 4.26. The van der Waals surface area contributed by atoms with Crippen molar-refractivity contribution in [3.8, 4) is 23.3 Å². The third-order valence-electron chi connectivity index (χ3n) is 3.40. The summed E-state index contributed by atoms with van der Waals surface area (Å²) in [6.07, 6.45) is 1.49. The van der Waals surface area contributed by atoms with Gasteiger partial charge in [-0.2, -0.15) is 5.26 Å². The van der Waals surface area contributed by atoms with Crippen LogP contribution in [-0.2, 0) is 4.79 Å². The molecule has 6 nitrogen and oxygen atoms in total. The van der Waals surface area contributed by atoms with Crippen molar-refractivity contribution in [2.24, 2.45) is 5.73 Å². The SMILES string of the molecule is CCC(N)C=O.CCOc1cc(Oc2ccc(NC)cc2)ccc1C#N. The molecule has 1 atom stereocenters. The van der Waals surface area contributed by atoms with Crippen molar-refractivity contribution >= 4 is 12.0 Å². The van der Waals surface area contributed by atoms with Gasteiger partial charge in [-0.3, -0.25) is 0 Å². The molecule has 0 aliphatic carbocycles. The monoisotopic (exact) mass is 355 g/mol. The van der Waals surface area contributed by atoms with Gasteiger partial charge in [0.25, 0.3) is 0 Å². The Kier molecular flexibility index (Phi) is 9.29. The fraction of sp³-hybridized carbons (Fsp3) is 0.300. The number of aldehydes is 1. The lowest BCUT2D eigenvalue weighted by Crippen LogP contribution is -2.19. The van der Waals surface area contributed by atoms with Gasteiger partial charge in [0.05, 0.1) is 18.2 Å². The summed E-state index contributed by atoms with van der Waals surface area (Å²) in [5, 5.41) is 12.1. The van der Waals surface area contributed by atoms with Crippen molar-refractivity contribution in [1.82, 2.24) is 0 Å².